The Morgan fingerprint density at radius 3 is 2.57 bits per heavy atom. The van der Waals surface area contributed by atoms with Crippen molar-refractivity contribution in [2.75, 3.05) is 31.2 Å². The van der Waals surface area contributed by atoms with E-state index >= 15 is 0 Å². The molecule has 0 bridgehead atoms. The first kappa shape index (κ1) is 20.9. The molecule has 4 rings (SSSR count). The van der Waals surface area contributed by atoms with Crippen LogP contribution in [0.3, 0.4) is 0 Å². The molecule has 0 saturated carbocycles. The lowest BCUT2D eigenvalue weighted by atomic mass is 10.2. The third-order valence-electron chi connectivity index (χ3n) is 4.89. The summed E-state index contributed by atoms with van der Waals surface area (Å²) in [5.74, 6) is 0.756. The van der Waals surface area contributed by atoms with E-state index in [2.05, 4.69) is 38.0 Å². The number of anilines is 1. The first-order valence-corrected chi connectivity index (χ1v) is 11.0. The van der Waals surface area contributed by atoms with E-state index in [1.165, 1.54) is 5.69 Å². The second kappa shape index (κ2) is 10.1. The van der Waals surface area contributed by atoms with Crippen LogP contribution in [-0.4, -0.2) is 32.5 Å². The zero-order valence-corrected chi connectivity index (χ0v) is 18.8. The predicted molar refractivity (Wildman–Crippen MR) is 127 cm³/mol. The van der Waals surface area contributed by atoms with E-state index < -0.39 is 0 Å². The molecule has 0 atom stereocenters. The summed E-state index contributed by atoms with van der Waals surface area (Å²) in [5, 5.41) is 0.699. The highest BCUT2D eigenvalue weighted by Gasteiger charge is 2.10. The van der Waals surface area contributed by atoms with Gasteiger partial charge in [0.1, 0.15) is 12.4 Å². The maximum Gasteiger partial charge on any atom is 0.128 e. The van der Waals surface area contributed by atoms with Gasteiger partial charge in [0, 0.05) is 45.6 Å². The molecular formula is C24H22BrClN2O2. The molecule has 1 fully saturated rings. The molecule has 3 aromatic rings. The number of hydrogen-bond acceptors (Lipinski definition) is 4. The van der Waals surface area contributed by atoms with Crippen LogP contribution in [0.25, 0.3) is 0 Å². The molecule has 6 heteroatoms. The first-order chi connectivity index (χ1) is 14.7. The van der Waals surface area contributed by atoms with E-state index in [0.717, 1.165) is 53.3 Å². The fourth-order valence-electron chi connectivity index (χ4n) is 3.24. The molecule has 0 unspecified atom stereocenters. The molecule has 3 aromatic carbocycles. The number of aliphatic imine (C=N–C) groups is 1. The first-order valence-electron chi connectivity index (χ1n) is 9.81. The number of ether oxygens (including phenoxy) is 2. The van der Waals surface area contributed by atoms with Gasteiger partial charge in [-0.25, -0.2) is 0 Å². The van der Waals surface area contributed by atoms with Crippen molar-refractivity contribution < 1.29 is 9.47 Å². The lowest BCUT2D eigenvalue weighted by Gasteiger charge is -2.28. The fraction of sp³-hybridized carbons (Fsp3) is 0.208. The summed E-state index contributed by atoms with van der Waals surface area (Å²) >= 11 is 9.77. The normalized spacial score (nSPS) is 14.3. The quantitative estimate of drug-likeness (QED) is 0.386. The monoisotopic (exact) mass is 484 g/mol. The lowest BCUT2D eigenvalue weighted by Crippen LogP contribution is -2.36. The van der Waals surface area contributed by atoms with Gasteiger partial charge < -0.3 is 14.4 Å². The van der Waals surface area contributed by atoms with E-state index in [-0.39, 0.29) is 0 Å². The Labute approximate surface area is 190 Å². The molecule has 4 nitrogen and oxygen atoms in total. The highest BCUT2D eigenvalue weighted by molar-refractivity contribution is 9.10. The summed E-state index contributed by atoms with van der Waals surface area (Å²) in [6.07, 6.45) is 1.83. The summed E-state index contributed by atoms with van der Waals surface area (Å²) in [6, 6.07) is 21.8. The summed E-state index contributed by atoms with van der Waals surface area (Å²) in [4.78, 5) is 6.97. The summed E-state index contributed by atoms with van der Waals surface area (Å²) < 4.78 is 12.4. The highest BCUT2D eigenvalue weighted by Crippen LogP contribution is 2.26. The van der Waals surface area contributed by atoms with E-state index in [4.69, 9.17) is 21.1 Å². The number of rotatable bonds is 6. The Bertz CT molecular complexity index is 1020. The smallest absolute Gasteiger partial charge is 0.128 e. The largest absolute Gasteiger partial charge is 0.488 e. The summed E-state index contributed by atoms with van der Waals surface area (Å²) in [6.45, 7) is 3.80. The zero-order valence-electron chi connectivity index (χ0n) is 16.4. The minimum Gasteiger partial charge on any atom is -0.488 e. The van der Waals surface area contributed by atoms with Crippen molar-refractivity contribution in [3.05, 3.63) is 87.4 Å². The molecule has 0 aromatic heterocycles. The molecular weight excluding hydrogens is 464 g/mol. The van der Waals surface area contributed by atoms with Crippen LogP contribution < -0.4 is 9.64 Å². The van der Waals surface area contributed by atoms with Gasteiger partial charge in [0.25, 0.3) is 0 Å². The molecule has 1 aliphatic rings. The van der Waals surface area contributed by atoms with Gasteiger partial charge in [0.15, 0.2) is 0 Å². The van der Waals surface area contributed by atoms with Gasteiger partial charge in [-0.15, -0.1) is 0 Å². The topological polar surface area (TPSA) is 34.1 Å². The van der Waals surface area contributed by atoms with Crippen LogP contribution in [0.15, 0.2) is 76.2 Å². The maximum atomic E-state index is 6.24. The van der Waals surface area contributed by atoms with Gasteiger partial charge in [-0.3, -0.25) is 4.99 Å². The second-order valence-corrected chi connectivity index (χ2v) is 8.26. The molecule has 1 saturated heterocycles. The predicted octanol–water partition coefficient (Wildman–Crippen LogP) is 6.27. The van der Waals surface area contributed by atoms with Crippen LogP contribution in [0.4, 0.5) is 11.4 Å². The van der Waals surface area contributed by atoms with Crippen molar-refractivity contribution >= 4 is 45.1 Å². The van der Waals surface area contributed by atoms with Crippen LogP contribution in [0.5, 0.6) is 5.75 Å². The Kier molecular flexibility index (Phi) is 7.05. The minimum absolute atomic E-state index is 0.399. The molecule has 1 aliphatic heterocycles. The average molecular weight is 486 g/mol. The van der Waals surface area contributed by atoms with Crippen molar-refractivity contribution in [1.82, 2.24) is 0 Å². The SMILES string of the molecule is Clc1ccccc1COc1ccc(Br)cc1C=Nc1ccc(N2CCOCC2)cc1. The van der Waals surface area contributed by atoms with Gasteiger partial charge >= 0.3 is 0 Å². The third kappa shape index (κ3) is 5.42. The van der Waals surface area contributed by atoms with Gasteiger partial charge in [-0.1, -0.05) is 45.7 Å². The molecule has 0 aliphatic carbocycles. The summed E-state index contributed by atoms with van der Waals surface area (Å²) in [7, 11) is 0. The van der Waals surface area contributed by atoms with E-state index in [9.17, 15) is 0 Å². The second-order valence-electron chi connectivity index (χ2n) is 6.94. The van der Waals surface area contributed by atoms with Gasteiger partial charge in [0.05, 0.1) is 18.9 Å². The van der Waals surface area contributed by atoms with Crippen LogP contribution in [-0.2, 0) is 11.3 Å². The van der Waals surface area contributed by atoms with Crippen molar-refractivity contribution in [2.24, 2.45) is 4.99 Å². The standard InChI is InChI=1S/C24H22BrClN2O2/c25-20-5-10-24(30-17-18-3-1-2-4-23(18)26)19(15-20)16-27-21-6-8-22(9-7-21)28-11-13-29-14-12-28/h1-10,15-16H,11-14,17H2. The van der Waals surface area contributed by atoms with Crippen molar-refractivity contribution in [3.8, 4) is 5.75 Å². The van der Waals surface area contributed by atoms with Crippen LogP contribution in [0.2, 0.25) is 5.02 Å². The van der Waals surface area contributed by atoms with Crippen molar-refractivity contribution in [1.29, 1.82) is 0 Å². The number of morpholine rings is 1. The summed E-state index contributed by atoms with van der Waals surface area (Å²) in [5.41, 5.74) is 3.94. The Morgan fingerprint density at radius 2 is 1.80 bits per heavy atom. The molecule has 1 heterocycles. The Balaban J connectivity index is 1.47. The van der Waals surface area contributed by atoms with Crippen molar-refractivity contribution in [2.45, 2.75) is 6.61 Å². The molecule has 0 spiro atoms. The molecule has 30 heavy (non-hydrogen) atoms. The minimum atomic E-state index is 0.399. The fourth-order valence-corrected chi connectivity index (χ4v) is 3.81. The van der Waals surface area contributed by atoms with E-state index in [1.54, 1.807) is 0 Å². The van der Waals surface area contributed by atoms with Crippen LogP contribution in [0.1, 0.15) is 11.1 Å². The maximum absolute atomic E-state index is 6.24. The van der Waals surface area contributed by atoms with E-state index in [0.29, 0.717) is 11.6 Å². The van der Waals surface area contributed by atoms with Gasteiger partial charge in [-0.05, 0) is 48.5 Å². The number of hydrogen-bond donors (Lipinski definition) is 0. The van der Waals surface area contributed by atoms with Crippen LogP contribution in [0, 0.1) is 0 Å². The zero-order chi connectivity index (χ0) is 20.8. The van der Waals surface area contributed by atoms with Gasteiger partial charge in [-0.2, -0.15) is 0 Å². The molecule has 0 N–H and O–H groups in total. The number of benzene rings is 3. The third-order valence-corrected chi connectivity index (χ3v) is 5.75. The lowest BCUT2D eigenvalue weighted by molar-refractivity contribution is 0.122. The highest BCUT2D eigenvalue weighted by atomic mass is 79.9. The molecule has 154 valence electrons. The van der Waals surface area contributed by atoms with Crippen LogP contribution >= 0.6 is 27.5 Å². The van der Waals surface area contributed by atoms with Crippen molar-refractivity contribution in [3.63, 3.8) is 0 Å². The van der Waals surface area contributed by atoms with E-state index in [1.807, 2.05) is 60.8 Å². The Morgan fingerprint density at radius 1 is 1.03 bits per heavy atom. The Hall–Kier alpha value is -2.34. The number of halogens is 2. The average Bonchev–Trinajstić information content (AvgIpc) is 2.79. The number of nitrogens with zero attached hydrogens (tertiary/aromatic N) is 2. The molecule has 0 amide bonds. The molecule has 0 radical (unpaired) electrons. The van der Waals surface area contributed by atoms with Gasteiger partial charge in [0.2, 0.25) is 0 Å².